The van der Waals surface area contributed by atoms with Crippen LogP contribution in [0.15, 0.2) is 22.6 Å². The van der Waals surface area contributed by atoms with Gasteiger partial charge in [-0.25, -0.2) is 4.79 Å². The van der Waals surface area contributed by atoms with Crippen molar-refractivity contribution in [1.82, 2.24) is 4.98 Å². The van der Waals surface area contributed by atoms with E-state index in [0.717, 1.165) is 12.8 Å². The third-order valence-corrected chi connectivity index (χ3v) is 5.02. The number of aromatic nitrogens is 1. The largest absolute Gasteiger partial charge is 0.478 e. The van der Waals surface area contributed by atoms with Gasteiger partial charge >= 0.3 is 5.97 Å². The van der Waals surface area contributed by atoms with E-state index in [0.29, 0.717) is 28.4 Å². The van der Waals surface area contributed by atoms with E-state index < -0.39 is 5.97 Å². The highest BCUT2D eigenvalue weighted by Crippen LogP contribution is 2.29. The van der Waals surface area contributed by atoms with Crippen LogP contribution in [0.25, 0.3) is 11.1 Å². The van der Waals surface area contributed by atoms with Crippen molar-refractivity contribution in [2.24, 2.45) is 0 Å². The van der Waals surface area contributed by atoms with E-state index in [-0.39, 0.29) is 5.56 Å². The maximum absolute atomic E-state index is 11.0. The number of carbonyl (C=O) groups is 1. The molecule has 3 rings (SSSR count). The Labute approximate surface area is 127 Å². The first-order chi connectivity index (χ1) is 10.2. The van der Waals surface area contributed by atoms with Crippen LogP contribution in [-0.4, -0.2) is 33.6 Å². The van der Waals surface area contributed by atoms with Gasteiger partial charge in [-0.3, -0.25) is 0 Å². The van der Waals surface area contributed by atoms with Crippen LogP contribution < -0.4 is 5.32 Å². The molecule has 6 heteroatoms. The third kappa shape index (κ3) is 3.15. The van der Waals surface area contributed by atoms with E-state index in [4.69, 9.17) is 9.52 Å². The molecule has 1 saturated carbocycles. The highest BCUT2D eigenvalue weighted by Gasteiger charge is 2.22. The second kappa shape index (κ2) is 5.97. The summed E-state index contributed by atoms with van der Waals surface area (Å²) in [6, 6.07) is 5.60. The van der Waals surface area contributed by atoms with Crippen molar-refractivity contribution in [3.8, 4) is 0 Å². The minimum absolute atomic E-state index is 0.213. The molecule has 0 saturated heterocycles. The molecule has 21 heavy (non-hydrogen) atoms. The summed E-state index contributed by atoms with van der Waals surface area (Å²) in [6.45, 7) is 0. The maximum Gasteiger partial charge on any atom is 0.335 e. The Hall–Kier alpha value is -1.69. The zero-order valence-electron chi connectivity index (χ0n) is 11.8. The Kier molecular flexibility index (Phi) is 4.05. The monoisotopic (exact) mass is 306 g/mol. The van der Waals surface area contributed by atoms with Gasteiger partial charge in [0.15, 0.2) is 5.58 Å². The van der Waals surface area contributed by atoms with Crippen molar-refractivity contribution in [2.45, 2.75) is 37.0 Å². The lowest BCUT2D eigenvalue weighted by molar-refractivity contribution is 0.0697. The van der Waals surface area contributed by atoms with Crippen LogP contribution in [0.2, 0.25) is 0 Å². The first-order valence-corrected chi connectivity index (χ1v) is 8.37. The summed E-state index contributed by atoms with van der Waals surface area (Å²) in [5, 5.41) is 13.0. The number of thioether (sulfide) groups is 1. The van der Waals surface area contributed by atoms with E-state index in [9.17, 15) is 4.79 Å². The number of nitrogens with one attached hydrogen (secondary N) is 1. The van der Waals surface area contributed by atoms with Gasteiger partial charge < -0.3 is 14.8 Å². The van der Waals surface area contributed by atoms with Gasteiger partial charge in [0.05, 0.1) is 5.56 Å². The van der Waals surface area contributed by atoms with E-state index in [1.165, 1.54) is 18.9 Å². The summed E-state index contributed by atoms with van der Waals surface area (Å²) in [4.78, 5) is 15.3. The topological polar surface area (TPSA) is 75.4 Å². The molecule has 0 amide bonds. The normalized spacial score (nSPS) is 22.3. The first kappa shape index (κ1) is 14.3. The van der Waals surface area contributed by atoms with Crippen molar-refractivity contribution in [1.29, 1.82) is 0 Å². The second-order valence-electron chi connectivity index (χ2n) is 5.37. The van der Waals surface area contributed by atoms with Crippen LogP contribution in [-0.2, 0) is 0 Å². The van der Waals surface area contributed by atoms with Crippen LogP contribution in [0.1, 0.15) is 36.0 Å². The quantitative estimate of drug-likeness (QED) is 0.898. The van der Waals surface area contributed by atoms with Crippen molar-refractivity contribution in [3.63, 3.8) is 0 Å². The summed E-state index contributed by atoms with van der Waals surface area (Å²) in [5.74, 6) is -0.960. The summed E-state index contributed by atoms with van der Waals surface area (Å²) < 4.78 is 5.64. The van der Waals surface area contributed by atoms with Gasteiger partial charge in [0.25, 0.3) is 6.01 Å². The number of benzene rings is 1. The van der Waals surface area contributed by atoms with Crippen molar-refractivity contribution in [3.05, 3.63) is 23.8 Å². The lowest BCUT2D eigenvalue weighted by Crippen LogP contribution is -2.28. The van der Waals surface area contributed by atoms with Gasteiger partial charge in [0, 0.05) is 11.3 Å². The van der Waals surface area contributed by atoms with E-state index in [2.05, 4.69) is 16.6 Å². The molecule has 0 spiro atoms. The minimum Gasteiger partial charge on any atom is -0.478 e. The van der Waals surface area contributed by atoms with Crippen LogP contribution in [0.3, 0.4) is 0 Å². The number of rotatable bonds is 4. The first-order valence-electron chi connectivity index (χ1n) is 7.09. The molecule has 1 fully saturated rings. The molecule has 1 aliphatic rings. The Morgan fingerprint density at radius 1 is 1.48 bits per heavy atom. The predicted molar refractivity (Wildman–Crippen MR) is 84.2 cm³/mol. The number of carboxylic acid groups (broad SMARTS) is 1. The van der Waals surface area contributed by atoms with Gasteiger partial charge in [-0.2, -0.15) is 16.7 Å². The van der Waals surface area contributed by atoms with E-state index in [1.807, 2.05) is 11.8 Å². The predicted octanol–water partition coefficient (Wildman–Crippen LogP) is 3.61. The molecule has 2 unspecified atom stereocenters. The number of aromatic carboxylic acids is 1. The Balaban J connectivity index is 1.76. The standard InChI is InChI=1S/C15H18N2O3S/c1-21-11-4-2-3-10(8-11)16-15-17-12-6-5-9(14(18)19)7-13(12)20-15/h5-7,10-11H,2-4,8H2,1H3,(H,16,17)(H,18,19). The SMILES string of the molecule is CSC1CCCC(Nc2nc3ccc(C(=O)O)cc3o2)C1. The van der Waals surface area contributed by atoms with Gasteiger partial charge in [0.2, 0.25) is 0 Å². The van der Waals surface area contributed by atoms with Gasteiger partial charge in [-0.1, -0.05) is 6.42 Å². The summed E-state index contributed by atoms with van der Waals surface area (Å²) in [5.41, 5.74) is 1.40. The molecule has 2 N–H and O–H groups in total. The molecule has 112 valence electrons. The molecular formula is C15H18N2O3S. The summed E-state index contributed by atoms with van der Waals surface area (Å²) >= 11 is 1.91. The zero-order valence-corrected chi connectivity index (χ0v) is 12.7. The summed E-state index contributed by atoms with van der Waals surface area (Å²) in [7, 11) is 0. The molecule has 1 aromatic heterocycles. The zero-order chi connectivity index (χ0) is 14.8. The fourth-order valence-corrected chi connectivity index (χ4v) is 3.61. The Morgan fingerprint density at radius 3 is 3.10 bits per heavy atom. The van der Waals surface area contributed by atoms with Crippen molar-refractivity contribution in [2.75, 3.05) is 11.6 Å². The fourth-order valence-electron chi connectivity index (χ4n) is 2.78. The van der Waals surface area contributed by atoms with Gasteiger partial charge in [-0.05, 0) is 43.7 Å². The Morgan fingerprint density at radius 2 is 2.33 bits per heavy atom. The highest BCUT2D eigenvalue weighted by atomic mass is 32.2. The van der Waals surface area contributed by atoms with Crippen LogP contribution in [0.5, 0.6) is 0 Å². The number of hydrogen-bond donors (Lipinski definition) is 2. The Bertz CT molecular complexity index is 655. The molecule has 0 radical (unpaired) electrons. The van der Waals surface area contributed by atoms with Gasteiger partial charge in [-0.15, -0.1) is 0 Å². The molecule has 0 bridgehead atoms. The van der Waals surface area contributed by atoms with Crippen LogP contribution in [0.4, 0.5) is 6.01 Å². The smallest absolute Gasteiger partial charge is 0.335 e. The van der Waals surface area contributed by atoms with Crippen molar-refractivity contribution >= 4 is 34.8 Å². The molecule has 5 nitrogen and oxygen atoms in total. The van der Waals surface area contributed by atoms with Gasteiger partial charge in [0.1, 0.15) is 5.52 Å². The molecule has 2 atom stereocenters. The van der Waals surface area contributed by atoms with Crippen LogP contribution >= 0.6 is 11.8 Å². The lowest BCUT2D eigenvalue weighted by atomic mass is 9.95. The molecular weight excluding hydrogens is 288 g/mol. The molecule has 1 heterocycles. The number of hydrogen-bond acceptors (Lipinski definition) is 5. The third-order valence-electron chi connectivity index (χ3n) is 3.92. The van der Waals surface area contributed by atoms with E-state index in [1.54, 1.807) is 12.1 Å². The maximum atomic E-state index is 11.0. The average Bonchev–Trinajstić information content (AvgIpc) is 2.88. The van der Waals surface area contributed by atoms with E-state index >= 15 is 0 Å². The minimum atomic E-state index is -0.960. The highest BCUT2D eigenvalue weighted by molar-refractivity contribution is 7.99. The van der Waals surface area contributed by atoms with Crippen LogP contribution in [0, 0.1) is 0 Å². The second-order valence-corrected chi connectivity index (χ2v) is 6.51. The average molecular weight is 306 g/mol. The molecule has 0 aliphatic heterocycles. The van der Waals surface area contributed by atoms with Crippen molar-refractivity contribution < 1.29 is 14.3 Å². The fraction of sp³-hybridized carbons (Fsp3) is 0.467. The lowest BCUT2D eigenvalue weighted by Gasteiger charge is -2.27. The number of carboxylic acids is 1. The number of oxazole rings is 1. The number of fused-ring (bicyclic) bond motifs is 1. The number of anilines is 1. The molecule has 1 aliphatic carbocycles. The number of nitrogens with zero attached hydrogens (tertiary/aromatic N) is 1. The molecule has 1 aromatic carbocycles. The summed E-state index contributed by atoms with van der Waals surface area (Å²) in [6.07, 6.45) is 6.87. The molecule has 2 aromatic rings.